The molecule has 3 aromatic rings. The minimum Gasteiger partial charge on any atom is -0.452 e. The predicted molar refractivity (Wildman–Crippen MR) is 118 cm³/mol. The third-order valence-electron chi connectivity index (χ3n) is 4.81. The van der Waals surface area contributed by atoms with Crippen LogP contribution < -0.4 is 4.31 Å². The van der Waals surface area contributed by atoms with Gasteiger partial charge in [0.15, 0.2) is 6.61 Å². The zero-order chi connectivity index (χ0) is 25.1. The van der Waals surface area contributed by atoms with E-state index in [1.807, 2.05) is 0 Å². The molecule has 0 aliphatic carbocycles. The van der Waals surface area contributed by atoms with Gasteiger partial charge in [-0.1, -0.05) is 18.2 Å². The zero-order valence-corrected chi connectivity index (χ0v) is 19.1. The summed E-state index contributed by atoms with van der Waals surface area (Å²) in [5.74, 6) is -0.0511. The monoisotopic (exact) mass is 494 g/mol. The Kier molecular flexibility index (Phi) is 7.15. The van der Waals surface area contributed by atoms with E-state index in [0.29, 0.717) is 11.5 Å². The molecule has 0 aliphatic heterocycles. The first-order chi connectivity index (χ1) is 15.9. The number of hydrogen-bond donors (Lipinski definition) is 0. The van der Waals surface area contributed by atoms with E-state index in [4.69, 9.17) is 9.15 Å². The lowest BCUT2D eigenvalue weighted by Crippen LogP contribution is -2.31. The van der Waals surface area contributed by atoms with Crippen LogP contribution in [-0.4, -0.2) is 25.9 Å². The second-order valence-electron chi connectivity index (χ2n) is 7.23. The van der Waals surface area contributed by atoms with Crippen LogP contribution in [0.15, 0.2) is 70.5 Å². The average Bonchev–Trinajstić information content (AvgIpc) is 3.12. The van der Waals surface area contributed by atoms with Crippen LogP contribution in [0.5, 0.6) is 0 Å². The van der Waals surface area contributed by atoms with E-state index in [9.17, 15) is 26.4 Å². The summed E-state index contributed by atoms with van der Waals surface area (Å²) >= 11 is 0. The minimum atomic E-state index is -4.65. The van der Waals surface area contributed by atoms with Crippen molar-refractivity contribution in [1.29, 1.82) is 0 Å². The Bertz CT molecular complexity index is 1300. The van der Waals surface area contributed by atoms with Crippen LogP contribution >= 0.6 is 0 Å². The first kappa shape index (κ1) is 25.0. The van der Waals surface area contributed by atoms with Crippen molar-refractivity contribution < 1.29 is 35.5 Å². The molecule has 11 heteroatoms. The molecule has 0 aliphatic rings. The number of halogens is 3. The summed E-state index contributed by atoms with van der Waals surface area (Å²) in [5.41, 5.74) is -0.611. The number of esters is 1. The highest BCUT2D eigenvalue weighted by molar-refractivity contribution is 7.92. The number of aryl methyl sites for hydroxylation is 2. The summed E-state index contributed by atoms with van der Waals surface area (Å²) in [4.78, 5) is 16.3. The molecule has 0 N–H and O–H groups in total. The largest absolute Gasteiger partial charge is 0.452 e. The van der Waals surface area contributed by atoms with Gasteiger partial charge in [0.1, 0.15) is 5.76 Å². The number of alkyl halides is 3. The van der Waals surface area contributed by atoms with Gasteiger partial charge in [-0.25, -0.2) is 18.2 Å². The fourth-order valence-corrected chi connectivity index (χ4v) is 4.49. The molecule has 34 heavy (non-hydrogen) atoms. The van der Waals surface area contributed by atoms with Gasteiger partial charge in [0.25, 0.3) is 10.0 Å². The molecule has 0 saturated carbocycles. The van der Waals surface area contributed by atoms with Gasteiger partial charge in [0, 0.05) is 0 Å². The first-order valence-corrected chi connectivity index (χ1v) is 11.4. The van der Waals surface area contributed by atoms with Crippen LogP contribution in [0.1, 0.15) is 33.3 Å². The molecule has 1 aromatic heterocycles. The number of ether oxygens (including phenoxy) is 1. The van der Waals surface area contributed by atoms with E-state index in [1.165, 1.54) is 30.3 Å². The lowest BCUT2D eigenvalue weighted by molar-refractivity contribution is -0.137. The smallest absolute Gasteiger partial charge is 0.416 e. The molecule has 0 spiro atoms. The molecule has 0 fully saturated rings. The van der Waals surface area contributed by atoms with Gasteiger partial charge in [-0.3, -0.25) is 4.31 Å². The van der Waals surface area contributed by atoms with Gasteiger partial charge >= 0.3 is 12.1 Å². The predicted octanol–water partition coefficient (Wildman–Crippen LogP) is 5.05. The van der Waals surface area contributed by atoms with Crippen molar-refractivity contribution in [2.24, 2.45) is 0 Å². The van der Waals surface area contributed by atoms with Gasteiger partial charge in [-0.2, -0.15) is 13.2 Å². The van der Waals surface area contributed by atoms with Crippen molar-refractivity contribution >= 4 is 21.7 Å². The maximum atomic E-state index is 13.3. The number of hydrogen-bond acceptors (Lipinski definition) is 6. The second kappa shape index (κ2) is 9.72. The van der Waals surface area contributed by atoms with Crippen molar-refractivity contribution in [3.63, 3.8) is 0 Å². The number of benzene rings is 2. The van der Waals surface area contributed by atoms with Crippen LogP contribution in [0.2, 0.25) is 0 Å². The second-order valence-corrected chi connectivity index (χ2v) is 9.09. The van der Waals surface area contributed by atoms with E-state index >= 15 is 0 Å². The summed E-state index contributed by atoms with van der Waals surface area (Å²) in [5, 5.41) is 0. The quantitative estimate of drug-likeness (QED) is 0.322. The SMILES string of the molecule is C=CCN(c1cccc(C(F)(F)F)c1)S(=O)(=O)c1cccc(C(=O)OCc2nc(C)c(C)o2)c1. The Balaban J connectivity index is 1.89. The van der Waals surface area contributed by atoms with Gasteiger partial charge < -0.3 is 9.15 Å². The number of carbonyl (C=O) groups excluding carboxylic acids is 1. The van der Waals surface area contributed by atoms with Gasteiger partial charge in [0.2, 0.25) is 5.89 Å². The lowest BCUT2D eigenvalue weighted by atomic mass is 10.2. The Morgan fingerprint density at radius 2 is 1.88 bits per heavy atom. The van der Waals surface area contributed by atoms with Crippen molar-refractivity contribution in [3.05, 3.63) is 89.7 Å². The molecular weight excluding hydrogens is 473 g/mol. The van der Waals surface area contributed by atoms with E-state index in [1.54, 1.807) is 13.8 Å². The van der Waals surface area contributed by atoms with Crippen molar-refractivity contribution in [1.82, 2.24) is 4.98 Å². The fourth-order valence-electron chi connectivity index (χ4n) is 3.02. The number of carbonyl (C=O) groups is 1. The third kappa shape index (κ3) is 5.48. The normalized spacial score (nSPS) is 11.8. The maximum absolute atomic E-state index is 13.3. The average molecular weight is 494 g/mol. The number of oxazole rings is 1. The Labute approximate surface area is 194 Å². The van der Waals surface area contributed by atoms with Crippen LogP contribution in [0.4, 0.5) is 18.9 Å². The maximum Gasteiger partial charge on any atom is 0.416 e. The molecule has 0 saturated heterocycles. The standard InChI is InChI=1S/C23H21F3N2O5S/c1-4-11-28(19-9-6-8-18(13-19)23(24,25)26)34(30,31)20-10-5-7-17(12-20)22(29)32-14-21-27-15(2)16(3)33-21/h4-10,12-13H,1,11,14H2,2-3H3. The summed E-state index contributed by atoms with van der Waals surface area (Å²) in [6.45, 7) is 6.39. The fraction of sp³-hybridized carbons (Fsp3) is 0.217. The molecule has 7 nitrogen and oxygen atoms in total. The summed E-state index contributed by atoms with van der Waals surface area (Å²) in [6, 6.07) is 8.95. The van der Waals surface area contributed by atoms with Gasteiger partial charge in [0.05, 0.1) is 33.9 Å². The van der Waals surface area contributed by atoms with Crippen molar-refractivity contribution in [2.45, 2.75) is 31.5 Å². The number of rotatable bonds is 8. The van der Waals surface area contributed by atoms with Crippen LogP contribution in [0.25, 0.3) is 0 Å². The summed E-state index contributed by atoms with van der Waals surface area (Å²) in [7, 11) is -4.35. The molecule has 180 valence electrons. The summed E-state index contributed by atoms with van der Waals surface area (Å²) < 4.78 is 77.3. The highest BCUT2D eigenvalue weighted by Crippen LogP contribution is 2.33. The molecule has 0 radical (unpaired) electrons. The van der Waals surface area contributed by atoms with Crippen LogP contribution in [0.3, 0.4) is 0 Å². The molecular formula is C23H21F3N2O5S. The highest BCUT2D eigenvalue weighted by atomic mass is 32.2. The Hall–Kier alpha value is -3.60. The topological polar surface area (TPSA) is 89.7 Å². The van der Waals surface area contributed by atoms with Crippen molar-refractivity contribution in [2.75, 3.05) is 10.8 Å². The molecule has 1 heterocycles. The minimum absolute atomic E-state index is 0.0660. The molecule has 0 atom stereocenters. The third-order valence-corrected chi connectivity index (χ3v) is 6.60. The van der Waals surface area contributed by atoms with Crippen LogP contribution in [-0.2, 0) is 27.5 Å². The zero-order valence-electron chi connectivity index (χ0n) is 18.3. The number of anilines is 1. The molecule has 0 unspecified atom stereocenters. The van der Waals surface area contributed by atoms with Crippen LogP contribution in [0, 0.1) is 13.8 Å². The number of nitrogens with zero attached hydrogens (tertiary/aromatic N) is 2. The Morgan fingerprint density at radius 3 is 2.50 bits per heavy atom. The molecule has 2 aromatic carbocycles. The van der Waals surface area contributed by atoms with E-state index in [-0.39, 0.29) is 35.2 Å². The van der Waals surface area contributed by atoms with E-state index < -0.39 is 27.7 Å². The number of sulfonamides is 1. The highest BCUT2D eigenvalue weighted by Gasteiger charge is 2.32. The van der Waals surface area contributed by atoms with E-state index in [0.717, 1.165) is 28.6 Å². The molecule has 3 rings (SSSR count). The first-order valence-electron chi connectivity index (χ1n) is 9.94. The van der Waals surface area contributed by atoms with E-state index in [2.05, 4.69) is 11.6 Å². The summed E-state index contributed by atoms with van der Waals surface area (Å²) in [6.07, 6.45) is -3.40. The Morgan fingerprint density at radius 1 is 1.18 bits per heavy atom. The lowest BCUT2D eigenvalue weighted by Gasteiger charge is -2.24. The van der Waals surface area contributed by atoms with Crippen molar-refractivity contribution in [3.8, 4) is 0 Å². The number of aromatic nitrogens is 1. The van der Waals surface area contributed by atoms with Gasteiger partial charge in [-0.05, 0) is 50.2 Å². The molecule has 0 amide bonds. The molecule has 0 bridgehead atoms. The van der Waals surface area contributed by atoms with Gasteiger partial charge in [-0.15, -0.1) is 6.58 Å².